The Morgan fingerprint density at radius 1 is 1.18 bits per heavy atom. The minimum atomic E-state index is -1.07. The Labute approximate surface area is 163 Å². The number of fused-ring (bicyclic) bond motifs is 2. The molecule has 4 rings (SSSR count). The Kier molecular flexibility index (Phi) is 5.39. The maximum Gasteiger partial charge on any atom is 0.495 e. The topological polar surface area (TPSA) is 94.7 Å². The van der Waals surface area contributed by atoms with Gasteiger partial charge in [0.15, 0.2) is 0 Å². The lowest BCUT2D eigenvalue weighted by Gasteiger charge is -2.17. The molecule has 2 aromatic carbocycles. The maximum absolute atomic E-state index is 13.0. The highest BCUT2D eigenvalue weighted by atomic mass is 16.6. The summed E-state index contributed by atoms with van der Waals surface area (Å²) in [6.07, 6.45) is 3.82. The SMILES string of the molecule is NC[C@@H](C(=O)Cc1ccc2cnccc2c1)c1ccc2c(c1)B(O)OCCO2. The number of aromatic nitrogens is 1. The van der Waals surface area contributed by atoms with Gasteiger partial charge in [0.1, 0.15) is 18.1 Å². The van der Waals surface area contributed by atoms with E-state index in [1.165, 1.54) is 0 Å². The van der Waals surface area contributed by atoms with E-state index in [0.29, 0.717) is 24.4 Å². The minimum absolute atomic E-state index is 0.0285. The molecular formula is C21H21BN2O4. The Hall–Kier alpha value is -2.74. The van der Waals surface area contributed by atoms with Crippen molar-refractivity contribution in [3.05, 3.63) is 66.0 Å². The first-order valence-corrected chi connectivity index (χ1v) is 9.27. The van der Waals surface area contributed by atoms with E-state index in [4.69, 9.17) is 15.1 Å². The first kappa shape index (κ1) is 18.6. The maximum atomic E-state index is 13.0. The van der Waals surface area contributed by atoms with Gasteiger partial charge in [0.25, 0.3) is 0 Å². The summed E-state index contributed by atoms with van der Waals surface area (Å²) >= 11 is 0. The molecular weight excluding hydrogens is 355 g/mol. The molecule has 142 valence electrons. The van der Waals surface area contributed by atoms with E-state index in [1.54, 1.807) is 24.5 Å². The lowest BCUT2D eigenvalue weighted by atomic mass is 9.76. The van der Waals surface area contributed by atoms with Crippen LogP contribution >= 0.6 is 0 Å². The highest BCUT2D eigenvalue weighted by molar-refractivity contribution is 6.61. The summed E-state index contributed by atoms with van der Waals surface area (Å²) in [7, 11) is -1.07. The van der Waals surface area contributed by atoms with Crippen molar-refractivity contribution >= 4 is 29.1 Å². The summed E-state index contributed by atoms with van der Waals surface area (Å²) in [4.78, 5) is 17.1. The molecule has 0 saturated heterocycles. The zero-order valence-corrected chi connectivity index (χ0v) is 15.4. The third-order valence-corrected chi connectivity index (χ3v) is 5.03. The van der Waals surface area contributed by atoms with Gasteiger partial charge < -0.3 is 20.1 Å². The van der Waals surface area contributed by atoms with Crippen LogP contribution in [0, 0.1) is 0 Å². The van der Waals surface area contributed by atoms with Gasteiger partial charge in [0.2, 0.25) is 0 Å². The molecule has 1 aliphatic heterocycles. The number of rotatable bonds is 5. The second-order valence-electron chi connectivity index (χ2n) is 6.86. The number of nitrogens with two attached hydrogens (primary N) is 1. The molecule has 0 unspecified atom stereocenters. The van der Waals surface area contributed by atoms with Crippen LogP contribution in [0.25, 0.3) is 10.8 Å². The second kappa shape index (κ2) is 8.10. The molecule has 0 aliphatic carbocycles. The third kappa shape index (κ3) is 3.78. The number of ketones is 1. The molecule has 3 aromatic rings. The lowest BCUT2D eigenvalue weighted by molar-refractivity contribution is -0.119. The number of pyridine rings is 1. The molecule has 0 radical (unpaired) electrons. The number of ether oxygens (including phenoxy) is 1. The summed E-state index contributed by atoms with van der Waals surface area (Å²) in [6.45, 7) is 0.870. The van der Waals surface area contributed by atoms with Crippen molar-refractivity contribution < 1.29 is 19.2 Å². The first-order valence-electron chi connectivity index (χ1n) is 9.27. The Morgan fingerprint density at radius 2 is 2.07 bits per heavy atom. The number of Topliss-reactive ketones (excluding diaryl/α,β-unsaturated/α-hetero) is 1. The van der Waals surface area contributed by atoms with E-state index in [1.807, 2.05) is 30.3 Å². The molecule has 1 aliphatic rings. The van der Waals surface area contributed by atoms with E-state index in [9.17, 15) is 9.82 Å². The van der Waals surface area contributed by atoms with Crippen molar-refractivity contribution in [3.8, 4) is 5.75 Å². The average Bonchev–Trinajstić information content (AvgIpc) is 2.90. The van der Waals surface area contributed by atoms with Gasteiger partial charge in [0.05, 0.1) is 12.5 Å². The molecule has 7 heteroatoms. The Bertz CT molecular complexity index is 1010. The first-order chi connectivity index (χ1) is 13.7. The van der Waals surface area contributed by atoms with Crippen LogP contribution in [-0.4, -0.2) is 42.7 Å². The fourth-order valence-electron chi connectivity index (χ4n) is 3.53. The molecule has 0 bridgehead atoms. The van der Waals surface area contributed by atoms with E-state index >= 15 is 0 Å². The molecule has 0 fully saturated rings. The fraction of sp³-hybridized carbons (Fsp3) is 0.238. The molecule has 2 heterocycles. The predicted octanol–water partition coefficient (Wildman–Crippen LogP) is 1.19. The summed E-state index contributed by atoms with van der Waals surface area (Å²) in [5.74, 6) is 0.134. The van der Waals surface area contributed by atoms with Crippen molar-refractivity contribution in [2.75, 3.05) is 19.8 Å². The zero-order chi connectivity index (χ0) is 19.5. The van der Waals surface area contributed by atoms with Crippen LogP contribution in [-0.2, 0) is 15.9 Å². The largest absolute Gasteiger partial charge is 0.495 e. The molecule has 28 heavy (non-hydrogen) atoms. The van der Waals surface area contributed by atoms with Gasteiger partial charge in [-0.2, -0.15) is 0 Å². The normalized spacial score (nSPS) is 14.9. The van der Waals surface area contributed by atoms with Gasteiger partial charge >= 0.3 is 7.12 Å². The second-order valence-corrected chi connectivity index (χ2v) is 6.86. The van der Waals surface area contributed by atoms with Crippen LogP contribution < -0.4 is 15.9 Å². The summed E-state index contributed by atoms with van der Waals surface area (Å²) < 4.78 is 10.9. The van der Waals surface area contributed by atoms with Gasteiger partial charge in [-0.05, 0) is 28.6 Å². The van der Waals surface area contributed by atoms with Gasteiger partial charge in [-0.25, -0.2) is 0 Å². The monoisotopic (exact) mass is 376 g/mol. The Balaban J connectivity index is 1.58. The van der Waals surface area contributed by atoms with Gasteiger partial charge in [-0.3, -0.25) is 9.78 Å². The number of benzene rings is 2. The van der Waals surface area contributed by atoms with Crippen LogP contribution in [0.5, 0.6) is 5.75 Å². The summed E-state index contributed by atoms with van der Waals surface area (Å²) in [5.41, 5.74) is 8.15. The molecule has 1 atom stereocenters. The number of carbonyl (C=O) groups excluding carboxylic acids is 1. The van der Waals surface area contributed by atoms with Crippen LogP contribution in [0.4, 0.5) is 0 Å². The summed E-state index contributed by atoms with van der Waals surface area (Å²) in [6, 6.07) is 13.2. The van der Waals surface area contributed by atoms with Crippen LogP contribution in [0.1, 0.15) is 17.0 Å². The predicted molar refractivity (Wildman–Crippen MR) is 108 cm³/mol. The standard InChI is InChI=1S/C21H21BN2O4/c23-12-18(16-3-4-21-19(11-16)22(26)28-8-7-27-21)20(25)10-14-1-2-17-13-24-6-5-15(17)9-14/h1-6,9,11,13,18,26H,7-8,10,12,23H2/t18-/m1/s1. The van der Waals surface area contributed by atoms with Crippen molar-refractivity contribution in [2.24, 2.45) is 5.73 Å². The molecule has 1 aromatic heterocycles. The zero-order valence-electron chi connectivity index (χ0n) is 15.4. The van der Waals surface area contributed by atoms with Crippen molar-refractivity contribution in [1.82, 2.24) is 4.98 Å². The van der Waals surface area contributed by atoms with Gasteiger partial charge in [-0.1, -0.05) is 30.3 Å². The number of hydrogen-bond donors (Lipinski definition) is 2. The van der Waals surface area contributed by atoms with Crippen LogP contribution in [0.3, 0.4) is 0 Å². The van der Waals surface area contributed by atoms with E-state index in [-0.39, 0.29) is 18.7 Å². The molecule has 3 N–H and O–H groups in total. The summed E-state index contributed by atoms with van der Waals surface area (Å²) in [5, 5.41) is 12.3. The fourth-order valence-corrected chi connectivity index (χ4v) is 3.53. The van der Waals surface area contributed by atoms with Crippen molar-refractivity contribution in [2.45, 2.75) is 12.3 Å². The smallest absolute Gasteiger partial charge is 0.492 e. The number of nitrogens with zero attached hydrogens (tertiary/aromatic N) is 1. The number of hydrogen-bond acceptors (Lipinski definition) is 6. The van der Waals surface area contributed by atoms with Crippen LogP contribution in [0.2, 0.25) is 0 Å². The van der Waals surface area contributed by atoms with E-state index in [0.717, 1.165) is 21.9 Å². The quantitative estimate of drug-likeness (QED) is 0.650. The molecule has 0 amide bonds. The lowest BCUT2D eigenvalue weighted by Crippen LogP contribution is -2.34. The Morgan fingerprint density at radius 3 is 2.93 bits per heavy atom. The van der Waals surface area contributed by atoms with E-state index < -0.39 is 13.0 Å². The van der Waals surface area contributed by atoms with Gasteiger partial charge in [0, 0.05) is 36.2 Å². The minimum Gasteiger partial charge on any atom is -0.492 e. The van der Waals surface area contributed by atoms with Crippen LogP contribution in [0.15, 0.2) is 54.9 Å². The molecule has 6 nitrogen and oxygen atoms in total. The van der Waals surface area contributed by atoms with Gasteiger partial charge in [-0.15, -0.1) is 0 Å². The van der Waals surface area contributed by atoms with E-state index in [2.05, 4.69) is 4.98 Å². The van der Waals surface area contributed by atoms with Crippen molar-refractivity contribution in [1.29, 1.82) is 0 Å². The highest BCUT2D eigenvalue weighted by Crippen LogP contribution is 2.23. The third-order valence-electron chi connectivity index (χ3n) is 5.03. The number of carbonyl (C=O) groups is 1. The molecule has 0 spiro atoms. The highest BCUT2D eigenvalue weighted by Gasteiger charge is 2.27. The molecule has 0 saturated carbocycles. The average molecular weight is 376 g/mol. The van der Waals surface area contributed by atoms with Crippen molar-refractivity contribution in [3.63, 3.8) is 0 Å².